The van der Waals surface area contributed by atoms with E-state index in [1.807, 2.05) is 12.1 Å². The highest BCUT2D eigenvalue weighted by Gasteiger charge is 2.36. The summed E-state index contributed by atoms with van der Waals surface area (Å²) in [7, 11) is 0. The maximum Gasteiger partial charge on any atom is 0.161 e. The van der Waals surface area contributed by atoms with Crippen LogP contribution in [0.15, 0.2) is 24.5 Å². The first-order chi connectivity index (χ1) is 11.8. The first kappa shape index (κ1) is 15.5. The lowest BCUT2D eigenvalue weighted by Gasteiger charge is -2.42. The number of nitrogens with one attached hydrogen (secondary N) is 1. The maximum atomic E-state index is 9.35. The van der Waals surface area contributed by atoms with E-state index in [1.54, 1.807) is 12.4 Å². The molecular weight excluding hydrogens is 300 g/mol. The van der Waals surface area contributed by atoms with Crippen molar-refractivity contribution in [1.82, 2.24) is 15.0 Å². The average molecular weight is 324 g/mol. The highest BCUT2D eigenvalue weighted by molar-refractivity contribution is 5.60. The van der Waals surface area contributed by atoms with Gasteiger partial charge in [-0.1, -0.05) is 6.42 Å². The number of aliphatic hydroxyl groups excluding tert-OH is 1. The molecule has 2 N–H and O–H groups in total. The van der Waals surface area contributed by atoms with Gasteiger partial charge in [0.25, 0.3) is 0 Å². The highest BCUT2D eigenvalue weighted by atomic mass is 16.3. The molecule has 2 aliphatic carbocycles. The normalized spacial score (nSPS) is 18.0. The second-order valence-corrected chi connectivity index (χ2v) is 7.09. The van der Waals surface area contributed by atoms with Gasteiger partial charge in [0.1, 0.15) is 5.82 Å². The molecule has 0 saturated heterocycles. The van der Waals surface area contributed by atoms with E-state index in [2.05, 4.69) is 10.3 Å². The minimum absolute atomic E-state index is 0.252. The summed E-state index contributed by atoms with van der Waals surface area (Å²) >= 11 is 0. The van der Waals surface area contributed by atoms with Gasteiger partial charge >= 0.3 is 0 Å². The highest BCUT2D eigenvalue weighted by Crippen LogP contribution is 2.44. The van der Waals surface area contributed by atoms with E-state index in [1.165, 1.54) is 30.5 Å². The lowest BCUT2D eigenvalue weighted by Crippen LogP contribution is -2.37. The van der Waals surface area contributed by atoms with Gasteiger partial charge in [-0.2, -0.15) is 0 Å². The number of hydrogen-bond acceptors (Lipinski definition) is 5. The lowest BCUT2D eigenvalue weighted by molar-refractivity contribution is 0.101. The molecule has 0 spiro atoms. The van der Waals surface area contributed by atoms with Crippen LogP contribution >= 0.6 is 0 Å². The van der Waals surface area contributed by atoms with Crippen molar-refractivity contribution in [3.63, 3.8) is 0 Å². The molecule has 0 amide bonds. The van der Waals surface area contributed by atoms with Gasteiger partial charge in [0.2, 0.25) is 0 Å². The third-order valence-corrected chi connectivity index (χ3v) is 5.56. The smallest absolute Gasteiger partial charge is 0.161 e. The van der Waals surface area contributed by atoms with Crippen LogP contribution in [0.2, 0.25) is 0 Å². The van der Waals surface area contributed by atoms with Crippen molar-refractivity contribution in [3.05, 3.63) is 35.8 Å². The topological polar surface area (TPSA) is 70.9 Å². The molecule has 2 heterocycles. The Labute approximate surface area is 142 Å². The van der Waals surface area contributed by atoms with E-state index in [-0.39, 0.29) is 12.0 Å². The molecule has 1 saturated carbocycles. The number of nitrogens with zero attached hydrogens (tertiary/aromatic N) is 3. The van der Waals surface area contributed by atoms with Crippen LogP contribution in [0.4, 0.5) is 5.82 Å². The SMILES string of the molecule is OCCC1(CNc2nc(-c3ccncc3)nc3c2CCC3)CCC1. The van der Waals surface area contributed by atoms with Crippen molar-refractivity contribution >= 4 is 5.82 Å². The van der Waals surface area contributed by atoms with Gasteiger partial charge in [-0.25, -0.2) is 9.97 Å². The number of anilines is 1. The van der Waals surface area contributed by atoms with Crippen molar-refractivity contribution in [2.45, 2.75) is 44.9 Å². The van der Waals surface area contributed by atoms with E-state index in [4.69, 9.17) is 9.97 Å². The number of aryl methyl sites for hydroxylation is 1. The Morgan fingerprint density at radius 2 is 1.92 bits per heavy atom. The Balaban J connectivity index is 1.61. The fraction of sp³-hybridized carbons (Fsp3) is 0.526. The zero-order chi connectivity index (χ0) is 16.4. The molecule has 1 fully saturated rings. The summed E-state index contributed by atoms with van der Waals surface area (Å²) in [5, 5.41) is 13.0. The van der Waals surface area contributed by atoms with Crippen molar-refractivity contribution in [1.29, 1.82) is 0 Å². The number of pyridine rings is 1. The third kappa shape index (κ3) is 2.88. The number of aliphatic hydroxyl groups is 1. The Morgan fingerprint density at radius 1 is 1.08 bits per heavy atom. The second kappa shape index (κ2) is 6.48. The zero-order valence-corrected chi connectivity index (χ0v) is 14.0. The van der Waals surface area contributed by atoms with E-state index in [0.717, 1.165) is 49.4 Å². The van der Waals surface area contributed by atoms with Gasteiger partial charge in [0.15, 0.2) is 5.82 Å². The predicted octanol–water partition coefficient (Wildman–Crippen LogP) is 2.99. The number of aromatic nitrogens is 3. The van der Waals surface area contributed by atoms with Crippen molar-refractivity contribution < 1.29 is 5.11 Å². The van der Waals surface area contributed by atoms with Gasteiger partial charge < -0.3 is 10.4 Å². The molecule has 0 aromatic carbocycles. The largest absolute Gasteiger partial charge is 0.396 e. The fourth-order valence-electron chi connectivity index (χ4n) is 3.91. The first-order valence-electron chi connectivity index (χ1n) is 8.95. The molecule has 2 aromatic heterocycles. The quantitative estimate of drug-likeness (QED) is 0.855. The van der Waals surface area contributed by atoms with Crippen LogP contribution in [0, 0.1) is 5.41 Å². The summed E-state index contributed by atoms with van der Waals surface area (Å²) in [6.45, 7) is 1.17. The molecule has 0 radical (unpaired) electrons. The standard InChI is InChI=1S/C19H24N4O/c24-12-9-19(7-2-8-19)13-21-18-15-3-1-4-16(15)22-17(23-18)14-5-10-20-11-6-14/h5-6,10-11,24H,1-4,7-9,12-13H2,(H,21,22,23). The summed E-state index contributed by atoms with van der Waals surface area (Å²) in [4.78, 5) is 13.7. The molecule has 126 valence electrons. The van der Waals surface area contributed by atoms with Crippen LogP contribution in [0.1, 0.15) is 43.4 Å². The average Bonchev–Trinajstić information content (AvgIpc) is 3.06. The maximum absolute atomic E-state index is 9.35. The Kier molecular flexibility index (Phi) is 4.19. The van der Waals surface area contributed by atoms with Gasteiger partial charge in [-0.3, -0.25) is 4.98 Å². The van der Waals surface area contributed by atoms with Crippen molar-refractivity contribution in [2.24, 2.45) is 5.41 Å². The van der Waals surface area contributed by atoms with Crippen molar-refractivity contribution in [3.8, 4) is 11.4 Å². The van der Waals surface area contributed by atoms with Gasteiger partial charge in [-0.15, -0.1) is 0 Å². The molecular formula is C19H24N4O. The summed E-state index contributed by atoms with van der Waals surface area (Å²) in [6, 6.07) is 3.92. The molecule has 0 bridgehead atoms. The second-order valence-electron chi connectivity index (χ2n) is 7.09. The van der Waals surface area contributed by atoms with Gasteiger partial charge in [-0.05, 0) is 56.1 Å². The molecule has 4 rings (SSSR count). The molecule has 5 heteroatoms. The molecule has 24 heavy (non-hydrogen) atoms. The van der Waals surface area contributed by atoms with E-state index in [0.29, 0.717) is 0 Å². The van der Waals surface area contributed by atoms with E-state index < -0.39 is 0 Å². The molecule has 5 nitrogen and oxygen atoms in total. The first-order valence-corrected chi connectivity index (χ1v) is 8.95. The minimum atomic E-state index is 0.252. The molecule has 0 atom stereocenters. The summed E-state index contributed by atoms with van der Waals surface area (Å²) < 4.78 is 0. The third-order valence-electron chi connectivity index (χ3n) is 5.56. The van der Waals surface area contributed by atoms with E-state index in [9.17, 15) is 5.11 Å². The summed E-state index contributed by atoms with van der Waals surface area (Å²) in [5.74, 6) is 1.78. The summed E-state index contributed by atoms with van der Waals surface area (Å²) in [5.41, 5.74) is 3.73. The molecule has 0 aliphatic heterocycles. The lowest BCUT2D eigenvalue weighted by atomic mass is 9.67. The monoisotopic (exact) mass is 324 g/mol. The molecule has 2 aliphatic rings. The van der Waals surface area contributed by atoms with Crippen LogP contribution in [0.25, 0.3) is 11.4 Å². The number of fused-ring (bicyclic) bond motifs is 1. The number of hydrogen-bond donors (Lipinski definition) is 2. The molecule has 0 unspecified atom stereocenters. The van der Waals surface area contributed by atoms with Crippen LogP contribution < -0.4 is 5.32 Å². The van der Waals surface area contributed by atoms with Gasteiger partial charge in [0.05, 0.1) is 0 Å². The van der Waals surface area contributed by atoms with Crippen LogP contribution in [-0.2, 0) is 12.8 Å². The van der Waals surface area contributed by atoms with Crippen molar-refractivity contribution in [2.75, 3.05) is 18.5 Å². The van der Waals surface area contributed by atoms with E-state index >= 15 is 0 Å². The van der Waals surface area contributed by atoms with Crippen LogP contribution in [-0.4, -0.2) is 33.2 Å². The van der Waals surface area contributed by atoms with Gasteiger partial charge in [0, 0.05) is 42.4 Å². The predicted molar refractivity (Wildman–Crippen MR) is 93.8 cm³/mol. The minimum Gasteiger partial charge on any atom is -0.396 e. The van der Waals surface area contributed by atoms with Crippen LogP contribution in [0.3, 0.4) is 0 Å². The Bertz CT molecular complexity index is 713. The van der Waals surface area contributed by atoms with Crippen LogP contribution in [0.5, 0.6) is 0 Å². The summed E-state index contributed by atoms with van der Waals surface area (Å²) in [6.07, 6.45) is 11.4. The number of rotatable bonds is 6. The Hall–Kier alpha value is -2.01. The Morgan fingerprint density at radius 3 is 2.62 bits per heavy atom. The fourth-order valence-corrected chi connectivity index (χ4v) is 3.91. The zero-order valence-electron chi connectivity index (χ0n) is 14.0. The molecule has 2 aromatic rings.